The number of nitrogens with two attached hydrogens (primary N) is 1. The second-order valence-corrected chi connectivity index (χ2v) is 7.32. The Balaban J connectivity index is 0.00000320. The quantitative estimate of drug-likeness (QED) is 0.566. The van der Waals surface area contributed by atoms with Crippen molar-refractivity contribution in [3.8, 4) is 11.1 Å². The van der Waals surface area contributed by atoms with Gasteiger partial charge < -0.3 is 15.4 Å². The van der Waals surface area contributed by atoms with Crippen LogP contribution in [0.2, 0.25) is 0 Å². The molecule has 0 aliphatic heterocycles. The zero-order valence-corrected chi connectivity index (χ0v) is 17.6. The number of pyridine rings is 1. The van der Waals surface area contributed by atoms with Gasteiger partial charge in [0.1, 0.15) is 5.82 Å². The van der Waals surface area contributed by atoms with Gasteiger partial charge in [0.2, 0.25) is 0 Å². The first-order valence-electron chi connectivity index (χ1n) is 9.38. The number of carboxylic acids is 1. The Hall–Kier alpha value is -2.96. The summed E-state index contributed by atoms with van der Waals surface area (Å²) in [5.41, 5.74) is 8.74. The van der Waals surface area contributed by atoms with Crippen molar-refractivity contribution in [1.82, 2.24) is 4.57 Å². The van der Waals surface area contributed by atoms with E-state index < -0.39 is 5.97 Å². The summed E-state index contributed by atoms with van der Waals surface area (Å²) in [7, 11) is 0. The van der Waals surface area contributed by atoms with E-state index in [4.69, 9.17) is 10.8 Å². The molecule has 3 N–H and O–H groups in total. The first-order valence-corrected chi connectivity index (χ1v) is 9.38. The molecule has 0 spiro atoms. The van der Waals surface area contributed by atoms with E-state index in [1.807, 2.05) is 13.8 Å². The molecule has 30 heavy (non-hydrogen) atoms. The average molecular weight is 431 g/mol. The molecular weight excluding hydrogens is 407 g/mol. The van der Waals surface area contributed by atoms with Crippen LogP contribution in [-0.2, 0) is 17.9 Å². The van der Waals surface area contributed by atoms with E-state index in [9.17, 15) is 14.0 Å². The Labute approximate surface area is 180 Å². The van der Waals surface area contributed by atoms with Crippen LogP contribution in [0.1, 0.15) is 25.1 Å². The van der Waals surface area contributed by atoms with Crippen LogP contribution in [0.4, 0.5) is 4.39 Å². The van der Waals surface area contributed by atoms with Crippen LogP contribution < -0.4 is 11.3 Å². The van der Waals surface area contributed by atoms with E-state index in [0.29, 0.717) is 28.6 Å². The highest BCUT2D eigenvalue weighted by Crippen LogP contribution is 2.32. The van der Waals surface area contributed by atoms with Crippen molar-refractivity contribution in [3.63, 3.8) is 0 Å². The van der Waals surface area contributed by atoms with Crippen molar-refractivity contribution in [3.05, 3.63) is 76.0 Å². The van der Waals surface area contributed by atoms with Crippen LogP contribution >= 0.6 is 12.4 Å². The molecule has 0 aliphatic carbocycles. The number of nitrogens with zero attached hydrogens (tertiary/aromatic N) is 1. The van der Waals surface area contributed by atoms with Gasteiger partial charge in [0.05, 0.1) is 0 Å². The van der Waals surface area contributed by atoms with Crippen LogP contribution in [0.3, 0.4) is 0 Å². The van der Waals surface area contributed by atoms with Crippen molar-refractivity contribution in [1.29, 1.82) is 0 Å². The molecule has 7 heteroatoms. The highest BCUT2D eigenvalue weighted by Gasteiger charge is 2.18. The Bertz CT molecular complexity index is 1150. The molecule has 0 atom stereocenters. The van der Waals surface area contributed by atoms with Crippen molar-refractivity contribution < 1.29 is 14.3 Å². The highest BCUT2D eigenvalue weighted by molar-refractivity contribution is 5.99. The molecule has 1 heterocycles. The molecule has 0 amide bonds. The molecule has 2 aromatic carbocycles. The fraction of sp³-hybridized carbons (Fsp3) is 0.217. The van der Waals surface area contributed by atoms with Gasteiger partial charge in [-0.05, 0) is 52.8 Å². The topological polar surface area (TPSA) is 85.3 Å². The lowest BCUT2D eigenvalue weighted by Gasteiger charge is -2.21. The van der Waals surface area contributed by atoms with Crippen molar-refractivity contribution in [2.75, 3.05) is 0 Å². The fourth-order valence-corrected chi connectivity index (χ4v) is 3.49. The number of halogens is 2. The molecule has 0 bridgehead atoms. The standard InChI is InChI=1S/C23H23FN2O3.ClH/c1-14(2)13-26-20(12-25)22(16-5-7-17(24)8-6-16)19-11-15(4-10-21(27)28)3-9-18(19)23(26)29;/h3-11,14H,12-13,25H2,1-2H3,(H,27,28);1H. The normalized spacial score (nSPS) is 11.2. The van der Waals surface area contributed by atoms with E-state index >= 15 is 0 Å². The number of hydrogen-bond donors (Lipinski definition) is 2. The van der Waals surface area contributed by atoms with Crippen LogP contribution in [0.5, 0.6) is 0 Å². The van der Waals surface area contributed by atoms with Gasteiger partial charge in [-0.1, -0.05) is 32.0 Å². The van der Waals surface area contributed by atoms with Gasteiger partial charge in [-0.15, -0.1) is 12.4 Å². The maximum absolute atomic E-state index is 13.5. The summed E-state index contributed by atoms with van der Waals surface area (Å²) in [5.74, 6) is -1.18. The zero-order chi connectivity index (χ0) is 21.1. The summed E-state index contributed by atoms with van der Waals surface area (Å²) in [5, 5.41) is 10.1. The van der Waals surface area contributed by atoms with Gasteiger partial charge in [0.15, 0.2) is 0 Å². The Morgan fingerprint density at radius 2 is 1.83 bits per heavy atom. The molecule has 0 aliphatic rings. The molecule has 3 rings (SSSR count). The zero-order valence-electron chi connectivity index (χ0n) is 16.8. The summed E-state index contributed by atoms with van der Waals surface area (Å²) in [4.78, 5) is 24.1. The van der Waals surface area contributed by atoms with Gasteiger partial charge in [-0.25, -0.2) is 9.18 Å². The molecule has 0 saturated carbocycles. The minimum absolute atomic E-state index is 0. The van der Waals surface area contributed by atoms with Crippen molar-refractivity contribution in [2.45, 2.75) is 26.9 Å². The van der Waals surface area contributed by atoms with Gasteiger partial charge in [-0.3, -0.25) is 4.79 Å². The molecular formula is C23H24ClFN2O3. The summed E-state index contributed by atoms with van der Waals surface area (Å²) in [6, 6.07) is 11.2. The number of rotatable bonds is 6. The van der Waals surface area contributed by atoms with Crippen LogP contribution in [0, 0.1) is 11.7 Å². The van der Waals surface area contributed by atoms with E-state index in [0.717, 1.165) is 17.2 Å². The van der Waals surface area contributed by atoms with E-state index in [2.05, 4.69) is 0 Å². The Morgan fingerprint density at radius 3 is 2.40 bits per heavy atom. The molecule has 0 radical (unpaired) electrons. The van der Waals surface area contributed by atoms with Crippen molar-refractivity contribution >= 4 is 35.2 Å². The summed E-state index contributed by atoms with van der Waals surface area (Å²) in [6.45, 7) is 4.69. The molecule has 3 aromatic rings. The van der Waals surface area contributed by atoms with E-state index in [-0.39, 0.29) is 36.2 Å². The minimum Gasteiger partial charge on any atom is -0.478 e. The lowest BCUT2D eigenvalue weighted by Crippen LogP contribution is -2.28. The van der Waals surface area contributed by atoms with E-state index in [1.54, 1.807) is 34.9 Å². The number of benzene rings is 2. The number of fused-ring (bicyclic) bond motifs is 1. The SMILES string of the molecule is CC(C)Cn1c(CN)c(-c2ccc(F)cc2)c2cc(C=CC(=O)O)ccc2c1=O.Cl. The van der Waals surface area contributed by atoms with Crippen LogP contribution in [0.25, 0.3) is 28.0 Å². The fourth-order valence-electron chi connectivity index (χ4n) is 3.49. The summed E-state index contributed by atoms with van der Waals surface area (Å²) < 4.78 is 15.2. The maximum atomic E-state index is 13.5. The Morgan fingerprint density at radius 1 is 1.17 bits per heavy atom. The monoisotopic (exact) mass is 430 g/mol. The number of aliphatic carboxylic acids is 1. The van der Waals surface area contributed by atoms with Crippen LogP contribution in [-0.4, -0.2) is 15.6 Å². The predicted molar refractivity (Wildman–Crippen MR) is 120 cm³/mol. The first kappa shape index (κ1) is 23.3. The number of aromatic nitrogens is 1. The van der Waals surface area contributed by atoms with Crippen molar-refractivity contribution in [2.24, 2.45) is 11.7 Å². The number of hydrogen-bond acceptors (Lipinski definition) is 3. The third-order valence-electron chi connectivity index (χ3n) is 4.70. The molecule has 5 nitrogen and oxygen atoms in total. The third-order valence-corrected chi connectivity index (χ3v) is 4.70. The minimum atomic E-state index is -1.06. The lowest BCUT2D eigenvalue weighted by molar-refractivity contribution is -0.131. The highest BCUT2D eigenvalue weighted by atomic mass is 35.5. The molecule has 0 unspecified atom stereocenters. The van der Waals surface area contributed by atoms with Gasteiger partial charge in [0, 0.05) is 35.8 Å². The number of carboxylic acid groups (broad SMARTS) is 1. The lowest BCUT2D eigenvalue weighted by atomic mass is 9.94. The van der Waals surface area contributed by atoms with Gasteiger partial charge >= 0.3 is 5.97 Å². The third kappa shape index (κ3) is 4.78. The maximum Gasteiger partial charge on any atom is 0.328 e. The first-order chi connectivity index (χ1) is 13.8. The second-order valence-electron chi connectivity index (χ2n) is 7.32. The molecule has 0 saturated heterocycles. The largest absolute Gasteiger partial charge is 0.478 e. The average Bonchev–Trinajstić information content (AvgIpc) is 2.68. The van der Waals surface area contributed by atoms with Gasteiger partial charge in [0.25, 0.3) is 5.56 Å². The van der Waals surface area contributed by atoms with Crippen LogP contribution in [0.15, 0.2) is 53.3 Å². The Kier molecular flexibility index (Phi) is 7.54. The number of carbonyl (C=O) groups is 1. The predicted octanol–water partition coefficient (Wildman–Crippen LogP) is 4.44. The molecule has 158 valence electrons. The summed E-state index contributed by atoms with van der Waals surface area (Å²) in [6.07, 6.45) is 2.51. The van der Waals surface area contributed by atoms with E-state index in [1.165, 1.54) is 18.2 Å². The van der Waals surface area contributed by atoms with Gasteiger partial charge in [-0.2, -0.15) is 0 Å². The second kappa shape index (κ2) is 9.69. The molecule has 0 fully saturated rings. The molecule has 1 aromatic heterocycles. The summed E-state index contributed by atoms with van der Waals surface area (Å²) >= 11 is 0. The smallest absolute Gasteiger partial charge is 0.328 e.